The molecule has 0 radical (unpaired) electrons. The largest absolute Gasteiger partial charge is 0.330 e. The summed E-state index contributed by atoms with van der Waals surface area (Å²) in [6.07, 6.45) is 4.19. The van der Waals surface area contributed by atoms with Crippen molar-refractivity contribution in [3.8, 4) is 11.4 Å². The Balaban J connectivity index is 2.33. The van der Waals surface area contributed by atoms with Crippen LogP contribution >= 0.6 is 11.3 Å². The standard InChI is InChI=1S/C10H12N4S/c1-7-10(13-5-4-12-7)8-6-15-9(14-8)2-3-11/h4-6H,2-3,11H2,1H3. The molecule has 0 aliphatic rings. The number of nitrogens with two attached hydrogens (primary N) is 1. The van der Waals surface area contributed by atoms with Crippen LogP contribution in [0.25, 0.3) is 11.4 Å². The first kappa shape index (κ1) is 10.2. The van der Waals surface area contributed by atoms with Crippen LogP contribution in [0.1, 0.15) is 10.7 Å². The van der Waals surface area contributed by atoms with Crippen LogP contribution in [-0.2, 0) is 6.42 Å². The Morgan fingerprint density at radius 1 is 1.33 bits per heavy atom. The molecule has 2 rings (SSSR count). The van der Waals surface area contributed by atoms with E-state index in [-0.39, 0.29) is 0 Å². The van der Waals surface area contributed by atoms with Gasteiger partial charge in [-0.15, -0.1) is 11.3 Å². The van der Waals surface area contributed by atoms with Crippen LogP contribution in [0.5, 0.6) is 0 Å². The van der Waals surface area contributed by atoms with E-state index in [2.05, 4.69) is 15.0 Å². The maximum atomic E-state index is 5.48. The summed E-state index contributed by atoms with van der Waals surface area (Å²) in [6, 6.07) is 0. The number of rotatable bonds is 3. The van der Waals surface area contributed by atoms with Crippen molar-refractivity contribution in [2.45, 2.75) is 13.3 Å². The summed E-state index contributed by atoms with van der Waals surface area (Å²) in [4.78, 5) is 12.9. The van der Waals surface area contributed by atoms with Gasteiger partial charge in [-0.1, -0.05) is 0 Å². The van der Waals surface area contributed by atoms with E-state index in [1.807, 2.05) is 12.3 Å². The topological polar surface area (TPSA) is 64.7 Å². The summed E-state index contributed by atoms with van der Waals surface area (Å²) < 4.78 is 0. The van der Waals surface area contributed by atoms with Crippen LogP contribution in [0.4, 0.5) is 0 Å². The van der Waals surface area contributed by atoms with Gasteiger partial charge in [-0.05, 0) is 13.5 Å². The zero-order chi connectivity index (χ0) is 10.7. The zero-order valence-electron chi connectivity index (χ0n) is 8.47. The van der Waals surface area contributed by atoms with Gasteiger partial charge >= 0.3 is 0 Å². The van der Waals surface area contributed by atoms with Crippen LogP contribution in [0, 0.1) is 6.92 Å². The molecule has 2 aromatic heterocycles. The Bertz CT molecular complexity index is 452. The first-order valence-corrected chi connectivity index (χ1v) is 5.61. The quantitative estimate of drug-likeness (QED) is 0.849. The lowest BCUT2D eigenvalue weighted by Crippen LogP contribution is -2.02. The van der Waals surface area contributed by atoms with Crippen molar-refractivity contribution in [3.63, 3.8) is 0 Å². The predicted molar refractivity (Wildman–Crippen MR) is 60.6 cm³/mol. The van der Waals surface area contributed by atoms with Gasteiger partial charge in [-0.2, -0.15) is 0 Å². The normalized spacial score (nSPS) is 10.5. The number of aryl methyl sites for hydroxylation is 1. The molecule has 0 aliphatic heterocycles. The van der Waals surface area contributed by atoms with Crippen LogP contribution in [0.15, 0.2) is 17.8 Å². The molecule has 5 heteroatoms. The Morgan fingerprint density at radius 2 is 2.13 bits per heavy atom. The number of thiazole rings is 1. The summed E-state index contributed by atoms with van der Waals surface area (Å²) in [5.74, 6) is 0. The second-order valence-electron chi connectivity index (χ2n) is 3.16. The summed E-state index contributed by atoms with van der Waals surface area (Å²) in [5, 5.41) is 3.06. The van der Waals surface area contributed by atoms with Gasteiger partial charge in [0.2, 0.25) is 0 Å². The van der Waals surface area contributed by atoms with E-state index < -0.39 is 0 Å². The van der Waals surface area contributed by atoms with Crippen molar-refractivity contribution in [2.75, 3.05) is 6.54 Å². The number of hydrogen-bond donors (Lipinski definition) is 1. The smallest absolute Gasteiger partial charge is 0.111 e. The van der Waals surface area contributed by atoms with Crippen molar-refractivity contribution < 1.29 is 0 Å². The molecule has 0 fully saturated rings. The number of nitrogens with zero attached hydrogens (tertiary/aromatic N) is 3. The van der Waals surface area contributed by atoms with Crippen LogP contribution < -0.4 is 5.73 Å². The Labute approximate surface area is 92.2 Å². The monoisotopic (exact) mass is 220 g/mol. The van der Waals surface area contributed by atoms with E-state index in [0.29, 0.717) is 6.54 Å². The van der Waals surface area contributed by atoms with Gasteiger partial charge in [-0.25, -0.2) is 4.98 Å². The van der Waals surface area contributed by atoms with Gasteiger partial charge in [0.05, 0.1) is 10.7 Å². The second kappa shape index (κ2) is 4.46. The van der Waals surface area contributed by atoms with Crippen LogP contribution in [0.3, 0.4) is 0 Å². The molecule has 0 saturated heterocycles. The van der Waals surface area contributed by atoms with Crippen LogP contribution in [0.2, 0.25) is 0 Å². The molecule has 0 atom stereocenters. The fraction of sp³-hybridized carbons (Fsp3) is 0.300. The van der Waals surface area contributed by atoms with Gasteiger partial charge in [0, 0.05) is 24.2 Å². The average Bonchev–Trinajstić information content (AvgIpc) is 2.68. The maximum absolute atomic E-state index is 5.48. The molecule has 0 unspecified atom stereocenters. The lowest BCUT2D eigenvalue weighted by Gasteiger charge is -1.98. The number of hydrogen-bond acceptors (Lipinski definition) is 5. The Morgan fingerprint density at radius 3 is 2.87 bits per heavy atom. The molecule has 0 aromatic carbocycles. The maximum Gasteiger partial charge on any atom is 0.111 e. The summed E-state index contributed by atoms with van der Waals surface area (Å²) in [7, 11) is 0. The first-order chi connectivity index (χ1) is 7.31. The molecule has 2 heterocycles. The SMILES string of the molecule is Cc1nccnc1-c1csc(CCN)n1. The molecule has 2 aromatic rings. The summed E-state index contributed by atoms with van der Waals surface area (Å²) >= 11 is 1.62. The van der Waals surface area contributed by atoms with E-state index in [9.17, 15) is 0 Å². The molecule has 78 valence electrons. The second-order valence-corrected chi connectivity index (χ2v) is 4.10. The molecule has 0 saturated carbocycles. The van der Waals surface area contributed by atoms with E-state index in [4.69, 9.17) is 5.73 Å². The van der Waals surface area contributed by atoms with Crippen molar-refractivity contribution in [1.82, 2.24) is 15.0 Å². The highest BCUT2D eigenvalue weighted by Gasteiger charge is 2.08. The van der Waals surface area contributed by atoms with Gasteiger partial charge in [0.1, 0.15) is 11.4 Å². The summed E-state index contributed by atoms with van der Waals surface area (Å²) in [6.45, 7) is 2.57. The molecular formula is C10H12N4S. The third-order valence-corrected chi connectivity index (χ3v) is 2.94. The third-order valence-electron chi connectivity index (χ3n) is 2.03. The van der Waals surface area contributed by atoms with Gasteiger partial charge < -0.3 is 5.73 Å². The third kappa shape index (κ3) is 2.19. The average molecular weight is 220 g/mol. The predicted octanol–water partition coefficient (Wildman–Crippen LogP) is 1.41. The first-order valence-electron chi connectivity index (χ1n) is 4.73. The van der Waals surface area contributed by atoms with Gasteiger partial charge in [0.25, 0.3) is 0 Å². The minimum Gasteiger partial charge on any atom is -0.330 e. The van der Waals surface area contributed by atoms with E-state index in [1.165, 1.54) is 0 Å². The molecule has 4 nitrogen and oxygen atoms in total. The van der Waals surface area contributed by atoms with Crippen molar-refractivity contribution in [2.24, 2.45) is 5.73 Å². The highest BCUT2D eigenvalue weighted by atomic mass is 32.1. The number of aromatic nitrogens is 3. The summed E-state index contributed by atoms with van der Waals surface area (Å²) in [5.41, 5.74) is 8.14. The minimum absolute atomic E-state index is 0.631. The fourth-order valence-corrected chi connectivity index (χ4v) is 2.12. The molecule has 0 bridgehead atoms. The highest BCUT2D eigenvalue weighted by molar-refractivity contribution is 7.09. The van der Waals surface area contributed by atoms with Crippen molar-refractivity contribution >= 4 is 11.3 Å². The van der Waals surface area contributed by atoms with E-state index >= 15 is 0 Å². The minimum atomic E-state index is 0.631. The van der Waals surface area contributed by atoms with Crippen LogP contribution in [-0.4, -0.2) is 21.5 Å². The zero-order valence-corrected chi connectivity index (χ0v) is 9.29. The lowest BCUT2D eigenvalue weighted by molar-refractivity contribution is 0.952. The fourth-order valence-electron chi connectivity index (χ4n) is 1.32. The van der Waals surface area contributed by atoms with Gasteiger partial charge in [0.15, 0.2) is 0 Å². The van der Waals surface area contributed by atoms with Gasteiger partial charge in [-0.3, -0.25) is 9.97 Å². The highest BCUT2D eigenvalue weighted by Crippen LogP contribution is 2.21. The van der Waals surface area contributed by atoms with Crippen molar-refractivity contribution in [3.05, 3.63) is 28.5 Å². The molecule has 2 N–H and O–H groups in total. The molecule has 15 heavy (non-hydrogen) atoms. The molecule has 0 spiro atoms. The lowest BCUT2D eigenvalue weighted by atomic mass is 10.2. The molecule has 0 aliphatic carbocycles. The Hall–Kier alpha value is -1.33. The van der Waals surface area contributed by atoms with Crippen molar-refractivity contribution in [1.29, 1.82) is 0 Å². The molecule has 0 amide bonds. The Kier molecular flexibility index (Phi) is 3.03. The molecular weight excluding hydrogens is 208 g/mol. The van der Waals surface area contributed by atoms with E-state index in [1.54, 1.807) is 23.7 Å². The van der Waals surface area contributed by atoms with E-state index in [0.717, 1.165) is 28.5 Å².